The third-order valence-corrected chi connectivity index (χ3v) is 5.43. The summed E-state index contributed by atoms with van der Waals surface area (Å²) < 4.78 is 1.76. The smallest absolute Gasteiger partial charge is 0.249 e. The third kappa shape index (κ3) is 3.26. The number of carbonyl (C=O) groups excluding carboxylic acids is 1. The second-order valence-electron chi connectivity index (χ2n) is 7.51. The average Bonchev–Trinajstić information content (AvgIpc) is 3.50. The van der Waals surface area contributed by atoms with Gasteiger partial charge in [0.15, 0.2) is 5.65 Å². The van der Waals surface area contributed by atoms with Gasteiger partial charge in [-0.05, 0) is 43.5 Å². The van der Waals surface area contributed by atoms with E-state index in [1.165, 1.54) is 0 Å². The Balaban J connectivity index is 1.33. The van der Waals surface area contributed by atoms with Crippen LogP contribution in [-0.2, 0) is 4.79 Å². The summed E-state index contributed by atoms with van der Waals surface area (Å²) in [7, 11) is 0. The van der Waals surface area contributed by atoms with Gasteiger partial charge in [-0.3, -0.25) is 10.1 Å². The molecule has 8 nitrogen and oxygen atoms in total. The lowest BCUT2D eigenvalue weighted by molar-refractivity contribution is -0.117. The van der Waals surface area contributed by atoms with Crippen molar-refractivity contribution in [2.75, 3.05) is 41.3 Å². The van der Waals surface area contributed by atoms with Crippen LogP contribution in [0.5, 0.6) is 0 Å². The quantitative estimate of drug-likeness (QED) is 0.750. The van der Waals surface area contributed by atoms with Gasteiger partial charge in [0, 0.05) is 38.3 Å². The first-order valence-corrected chi connectivity index (χ1v) is 9.76. The van der Waals surface area contributed by atoms with Crippen LogP contribution in [0.3, 0.4) is 0 Å². The Kier molecular flexibility index (Phi) is 4.11. The molecule has 3 aromatic rings. The molecule has 3 aromatic heterocycles. The van der Waals surface area contributed by atoms with Crippen LogP contribution in [0.4, 0.5) is 17.5 Å². The highest BCUT2D eigenvalue weighted by atomic mass is 16.2. The van der Waals surface area contributed by atoms with E-state index in [0.717, 1.165) is 61.7 Å². The van der Waals surface area contributed by atoms with Crippen LogP contribution >= 0.6 is 0 Å². The fraction of sp³-hybridized carbons (Fsp3) is 0.400. The van der Waals surface area contributed by atoms with E-state index in [9.17, 15) is 4.79 Å². The van der Waals surface area contributed by atoms with Crippen molar-refractivity contribution in [3.63, 3.8) is 0 Å². The molecule has 0 atom stereocenters. The maximum atomic E-state index is 12.0. The van der Waals surface area contributed by atoms with E-state index < -0.39 is 0 Å². The number of nitrogens with zero attached hydrogens (tertiary/aromatic N) is 6. The molecule has 0 unspecified atom stereocenters. The van der Waals surface area contributed by atoms with Gasteiger partial charge in [-0.1, -0.05) is 6.07 Å². The molecule has 144 valence electrons. The molecule has 1 saturated heterocycles. The minimum absolute atomic E-state index is 0.0264. The predicted octanol–water partition coefficient (Wildman–Crippen LogP) is 2.11. The summed E-state index contributed by atoms with van der Waals surface area (Å²) in [6, 6.07) is 8.05. The molecule has 2 aliphatic rings. The lowest BCUT2D eigenvalue weighted by Crippen LogP contribution is -2.47. The molecule has 1 amide bonds. The number of hydrogen-bond acceptors (Lipinski definition) is 6. The van der Waals surface area contributed by atoms with Gasteiger partial charge in [0.1, 0.15) is 5.82 Å². The summed E-state index contributed by atoms with van der Waals surface area (Å²) in [5.41, 5.74) is 3.06. The molecule has 1 aliphatic heterocycles. The van der Waals surface area contributed by atoms with Gasteiger partial charge in [-0.15, -0.1) is 5.10 Å². The van der Waals surface area contributed by atoms with Gasteiger partial charge < -0.3 is 9.80 Å². The number of aromatic nitrogens is 4. The number of rotatable bonds is 4. The normalized spacial score (nSPS) is 17.2. The molecule has 0 bridgehead atoms. The summed E-state index contributed by atoms with van der Waals surface area (Å²) in [5, 5.41) is 7.28. The number of amides is 1. The average molecular weight is 377 g/mol. The first-order chi connectivity index (χ1) is 13.7. The lowest BCUT2D eigenvalue weighted by atomic mass is 10.2. The molecule has 1 N–H and O–H groups in total. The second-order valence-corrected chi connectivity index (χ2v) is 7.51. The Hall–Kier alpha value is -3.16. The summed E-state index contributed by atoms with van der Waals surface area (Å²) in [4.78, 5) is 25.5. The molecule has 1 aliphatic carbocycles. The first kappa shape index (κ1) is 17.0. The van der Waals surface area contributed by atoms with Crippen LogP contribution in [0.15, 0.2) is 36.7 Å². The molecule has 0 radical (unpaired) electrons. The van der Waals surface area contributed by atoms with E-state index in [1.54, 1.807) is 4.52 Å². The number of anilines is 3. The Labute approximate surface area is 163 Å². The fourth-order valence-corrected chi connectivity index (χ4v) is 3.67. The largest absolute Gasteiger partial charge is 0.367 e. The van der Waals surface area contributed by atoms with Gasteiger partial charge >= 0.3 is 0 Å². The van der Waals surface area contributed by atoms with E-state index in [2.05, 4.69) is 43.2 Å². The van der Waals surface area contributed by atoms with E-state index in [4.69, 9.17) is 0 Å². The topological polar surface area (TPSA) is 78.7 Å². The molecule has 8 heteroatoms. The summed E-state index contributed by atoms with van der Waals surface area (Å²) in [5.74, 6) is 1.58. The SMILES string of the molecule is Cc1cc2nc(NC(=O)C3CC3)nn2cc1N1CCN(c2ccccn2)CC1. The third-order valence-electron chi connectivity index (χ3n) is 5.43. The molecule has 0 spiro atoms. The fourth-order valence-electron chi connectivity index (χ4n) is 3.67. The molecule has 28 heavy (non-hydrogen) atoms. The standard InChI is InChI=1S/C20H23N7O/c1-14-12-18-22-20(23-19(28)15-5-6-15)24-27(18)13-16(14)25-8-10-26(11-9-25)17-4-2-3-7-21-17/h2-4,7,12-13,15H,5-6,8-11H2,1H3,(H,23,24,28). The zero-order valence-electron chi connectivity index (χ0n) is 15.9. The Morgan fingerprint density at radius 1 is 1.14 bits per heavy atom. The number of carbonyl (C=O) groups is 1. The molecule has 4 heterocycles. The number of aryl methyl sites for hydroxylation is 1. The van der Waals surface area contributed by atoms with E-state index in [1.807, 2.05) is 30.6 Å². The van der Waals surface area contributed by atoms with Crippen molar-refractivity contribution in [3.8, 4) is 0 Å². The Morgan fingerprint density at radius 3 is 2.64 bits per heavy atom. The van der Waals surface area contributed by atoms with Crippen LogP contribution in [0.25, 0.3) is 5.65 Å². The highest BCUT2D eigenvalue weighted by Gasteiger charge is 2.30. The number of nitrogens with one attached hydrogen (secondary N) is 1. The number of piperazine rings is 1. The number of pyridine rings is 2. The Morgan fingerprint density at radius 2 is 1.93 bits per heavy atom. The highest BCUT2D eigenvalue weighted by molar-refractivity contribution is 5.92. The summed E-state index contributed by atoms with van der Waals surface area (Å²) >= 11 is 0. The van der Waals surface area contributed by atoms with Crippen molar-refractivity contribution in [1.82, 2.24) is 19.6 Å². The number of fused-ring (bicyclic) bond motifs is 1. The summed E-state index contributed by atoms with van der Waals surface area (Å²) in [6.07, 6.45) is 5.78. The minimum atomic E-state index is 0.0264. The van der Waals surface area contributed by atoms with Crippen molar-refractivity contribution in [3.05, 3.63) is 42.2 Å². The first-order valence-electron chi connectivity index (χ1n) is 9.76. The van der Waals surface area contributed by atoms with Crippen LogP contribution in [0.1, 0.15) is 18.4 Å². The van der Waals surface area contributed by atoms with Crippen molar-refractivity contribution in [2.45, 2.75) is 19.8 Å². The van der Waals surface area contributed by atoms with Crippen LogP contribution < -0.4 is 15.1 Å². The zero-order chi connectivity index (χ0) is 19.1. The molecule has 0 aromatic carbocycles. The Bertz CT molecular complexity index is 1000. The van der Waals surface area contributed by atoms with Gasteiger partial charge in [-0.2, -0.15) is 4.98 Å². The van der Waals surface area contributed by atoms with Crippen molar-refractivity contribution in [1.29, 1.82) is 0 Å². The maximum Gasteiger partial charge on any atom is 0.249 e. The van der Waals surface area contributed by atoms with Crippen molar-refractivity contribution in [2.24, 2.45) is 5.92 Å². The van der Waals surface area contributed by atoms with E-state index in [0.29, 0.717) is 5.95 Å². The monoisotopic (exact) mass is 377 g/mol. The molecule has 1 saturated carbocycles. The van der Waals surface area contributed by atoms with E-state index >= 15 is 0 Å². The van der Waals surface area contributed by atoms with Crippen LogP contribution in [0, 0.1) is 12.8 Å². The lowest BCUT2D eigenvalue weighted by Gasteiger charge is -2.37. The van der Waals surface area contributed by atoms with Gasteiger partial charge in [0.25, 0.3) is 0 Å². The van der Waals surface area contributed by atoms with Gasteiger partial charge in [-0.25, -0.2) is 9.50 Å². The summed E-state index contributed by atoms with van der Waals surface area (Å²) in [6.45, 7) is 5.78. The van der Waals surface area contributed by atoms with Gasteiger partial charge in [0.05, 0.1) is 11.9 Å². The maximum absolute atomic E-state index is 12.0. The zero-order valence-corrected chi connectivity index (χ0v) is 15.9. The minimum Gasteiger partial charge on any atom is -0.367 e. The highest BCUT2D eigenvalue weighted by Crippen LogP contribution is 2.30. The molecule has 2 fully saturated rings. The van der Waals surface area contributed by atoms with Crippen molar-refractivity contribution < 1.29 is 4.79 Å². The van der Waals surface area contributed by atoms with Crippen molar-refractivity contribution >= 4 is 29.0 Å². The second kappa shape index (κ2) is 6.78. The van der Waals surface area contributed by atoms with E-state index in [-0.39, 0.29) is 11.8 Å². The molecular formula is C20H23N7O. The van der Waals surface area contributed by atoms with Gasteiger partial charge in [0.2, 0.25) is 11.9 Å². The molecular weight excluding hydrogens is 354 g/mol. The van der Waals surface area contributed by atoms with Crippen LogP contribution in [0.2, 0.25) is 0 Å². The van der Waals surface area contributed by atoms with Crippen LogP contribution in [-0.4, -0.2) is 51.7 Å². The predicted molar refractivity (Wildman–Crippen MR) is 108 cm³/mol. The molecule has 5 rings (SSSR count). The number of hydrogen-bond donors (Lipinski definition) is 1.